The van der Waals surface area contributed by atoms with Crippen molar-refractivity contribution in [1.29, 1.82) is 0 Å². The van der Waals surface area contributed by atoms with Gasteiger partial charge >= 0.3 is 0 Å². The number of aromatic nitrogens is 4. The fourth-order valence-electron chi connectivity index (χ4n) is 3.49. The highest BCUT2D eigenvalue weighted by molar-refractivity contribution is 6.04. The monoisotopic (exact) mass is 366 g/mol. The molecule has 0 saturated carbocycles. The highest BCUT2D eigenvalue weighted by atomic mass is 16.2. The first kappa shape index (κ1) is 17.4. The van der Waals surface area contributed by atoms with E-state index in [-0.39, 0.29) is 11.5 Å². The maximum Gasteiger partial charge on any atom is 0.275 e. The molecule has 140 valence electrons. The second-order valence-corrected chi connectivity index (χ2v) is 6.71. The second-order valence-electron chi connectivity index (χ2n) is 6.71. The van der Waals surface area contributed by atoms with Crippen molar-refractivity contribution in [3.63, 3.8) is 0 Å². The number of fused-ring (bicyclic) bond motifs is 1. The molecular weight excluding hydrogens is 344 g/mol. The van der Waals surface area contributed by atoms with Crippen LogP contribution in [0.3, 0.4) is 0 Å². The molecule has 27 heavy (non-hydrogen) atoms. The molecule has 1 aliphatic heterocycles. The molecule has 1 amide bonds. The molecule has 0 atom stereocenters. The van der Waals surface area contributed by atoms with Crippen LogP contribution in [0.5, 0.6) is 0 Å². The first-order valence-corrected chi connectivity index (χ1v) is 9.09. The van der Waals surface area contributed by atoms with E-state index in [1.807, 2.05) is 36.2 Å². The second kappa shape index (κ2) is 7.32. The average molecular weight is 366 g/mol. The van der Waals surface area contributed by atoms with Crippen molar-refractivity contribution in [3.05, 3.63) is 58.6 Å². The number of amides is 1. The summed E-state index contributed by atoms with van der Waals surface area (Å²) in [4.78, 5) is 28.8. The van der Waals surface area contributed by atoms with Crippen molar-refractivity contribution in [2.24, 2.45) is 7.05 Å². The number of nitrogens with zero attached hydrogens (tertiary/aromatic N) is 6. The van der Waals surface area contributed by atoms with Crippen LogP contribution in [0.2, 0.25) is 0 Å². The standard InChI is InChI=1S/C19H22N6O2/c1-22-16-6-3-2-5-15(16)18(21-22)19(27)24-12-9-23(10-13-24)11-14-25-17(26)7-4-8-20-25/h2-8H,9-14H2,1H3. The lowest BCUT2D eigenvalue weighted by molar-refractivity contribution is 0.0627. The number of benzene rings is 1. The lowest BCUT2D eigenvalue weighted by Crippen LogP contribution is -2.49. The van der Waals surface area contributed by atoms with Crippen LogP contribution in [0.15, 0.2) is 47.4 Å². The molecule has 0 radical (unpaired) electrons. The molecule has 1 saturated heterocycles. The van der Waals surface area contributed by atoms with Crippen LogP contribution in [0, 0.1) is 0 Å². The fourth-order valence-corrected chi connectivity index (χ4v) is 3.49. The SMILES string of the molecule is Cn1nc(C(=O)N2CCN(CCn3ncccc3=O)CC2)c2ccccc21. The Bertz CT molecular complexity index is 1020. The molecule has 3 heterocycles. The van der Waals surface area contributed by atoms with Crippen LogP contribution in [0.1, 0.15) is 10.5 Å². The van der Waals surface area contributed by atoms with Gasteiger partial charge in [-0.15, -0.1) is 0 Å². The average Bonchev–Trinajstić information content (AvgIpc) is 3.04. The van der Waals surface area contributed by atoms with Crippen LogP contribution < -0.4 is 5.56 Å². The Labute approximate surface area is 156 Å². The quantitative estimate of drug-likeness (QED) is 0.675. The van der Waals surface area contributed by atoms with Crippen LogP contribution in [0.4, 0.5) is 0 Å². The molecule has 0 spiro atoms. The lowest BCUT2D eigenvalue weighted by atomic mass is 10.2. The van der Waals surface area contributed by atoms with Gasteiger partial charge in [0, 0.05) is 57.4 Å². The summed E-state index contributed by atoms with van der Waals surface area (Å²) in [6.45, 7) is 4.15. The zero-order valence-corrected chi connectivity index (χ0v) is 15.3. The van der Waals surface area contributed by atoms with E-state index in [1.165, 1.54) is 10.7 Å². The summed E-state index contributed by atoms with van der Waals surface area (Å²) in [6, 6.07) is 10.9. The molecule has 8 nitrogen and oxygen atoms in total. The minimum atomic E-state index is -0.0895. The van der Waals surface area contributed by atoms with Gasteiger partial charge in [0.1, 0.15) is 0 Å². The molecule has 0 bridgehead atoms. The molecule has 1 fully saturated rings. The summed E-state index contributed by atoms with van der Waals surface area (Å²) < 4.78 is 3.22. The Morgan fingerprint density at radius 2 is 1.81 bits per heavy atom. The van der Waals surface area contributed by atoms with E-state index in [2.05, 4.69) is 15.1 Å². The van der Waals surface area contributed by atoms with E-state index in [0.717, 1.165) is 30.5 Å². The Balaban J connectivity index is 1.38. The van der Waals surface area contributed by atoms with E-state index in [9.17, 15) is 9.59 Å². The lowest BCUT2D eigenvalue weighted by Gasteiger charge is -2.34. The summed E-state index contributed by atoms with van der Waals surface area (Å²) in [5.74, 6) is -0.0209. The molecule has 8 heteroatoms. The van der Waals surface area contributed by atoms with Crippen molar-refractivity contribution in [2.75, 3.05) is 32.7 Å². The Hall–Kier alpha value is -3.00. The molecule has 1 aliphatic rings. The Morgan fingerprint density at radius 1 is 1.04 bits per heavy atom. The largest absolute Gasteiger partial charge is 0.335 e. The van der Waals surface area contributed by atoms with Crippen molar-refractivity contribution >= 4 is 16.8 Å². The van der Waals surface area contributed by atoms with Gasteiger partial charge in [-0.05, 0) is 12.1 Å². The number of aryl methyl sites for hydroxylation is 1. The third-order valence-corrected chi connectivity index (χ3v) is 5.03. The van der Waals surface area contributed by atoms with E-state index >= 15 is 0 Å². The predicted octanol–water partition coefficient (Wildman–Crippen LogP) is 0.588. The van der Waals surface area contributed by atoms with Crippen LogP contribution >= 0.6 is 0 Å². The van der Waals surface area contributed by atoms with E-state index in [4.69, 9.17) is 0 Å². The van der Waals surface area contributed by atoms with E-state index in [1.54, 1.807) is 16.9 Å². The van der Waals surface area contributed by atoms with E-state index in [0.29, 0.717) is 25.3 Å². The third-order valence-electron chi connectivity index (χ3n) is 5.03. The van der Waals surface area contributed by atoms with Crippen LogP contribution in [-0.4, -0.2) is 68.0 Å². The number of carbonyl (C=O) groups is 1. The summed E-state index contributed by atoms with van der Waals surface area (Å²) in [7, 11) is 1.86. The van der Waals surface area contributed by atoms with Gasteiger partial charge in [-0.2, -0.15) is 10.2 Å². The van der Waals surface area contributed by atoms with Crippen molar-refractivity contribution in [1.82, 2.24) is 29.4 Å². The van der Waals surface area contributed by atoms with Crippen molar-refractivity contribution in [2.45, 2.75) is 6.54 Å². The van der Waals surface area contributed by atoms with Crippen LogP contribution in [-0.2, 0) is 13.6 Å². The van der Waals surface area contributed by atoms with Gasteiger partial charge in [0.05, 0.1) is 12.1 Å². The molecular formula is C19H22N6O2. The molecule has 0 N–H and O–H groups in total. The zero-order valence-electron chi connectivity index (χ0n) is 15.3. The maximum absolute atomic E-state index is 12.9. The zero-order chi connectivity index (χ0) is 18.8. The highest BCUT2D eigenvalue weighted by Crippen LogP contribution is 2.19. The number of carbonyl (C=O) groups excluding carboxylic acids is 1. The van der Waals surface area contributed by atoms with Gasteiger partial charge in [-0.25, -0.2) is 4.68 Å². The molecule has 3 aromatic rings. The molecule has 4 rings (SSSR count). The number of piperazine rings is 1. The topological polar surface area (TPSA) is 76.3 Å². The highest BCUT2D eigenvalue weighted by Gasteiger charge is 2.25. The van der Waals surface area contributed by atoms with Crippen molar-refractivity contribution < 1.29 is 4.79 Å². The first-order chi connectivity index (χ1) is 13.1. The van der Waals surface area contributed by atoms with Gasteiger partial charge in [-0.3, -0.25) is 19.2 Å². The molecule has 0 aliphatic carbocycles. The number of hydrogen-bond acceptors (Lipinski definition) is 5. The number of rotatable bonds is 4. The summed E-state index contributed by atoms with van der Waals surface area (Å²) in [6.07, 6.45) is 1.62. The number of para-hydroxylation sites is 1. The van der Waals surface area contributed by atoms with E-state index < -0.39 is 0 Å². The van der Waals surface area contributed by atoms with Crippen LogP contribution in [0.25, 0.3) is 10.9 Å². The number of hydrogen-bond donors (Lipinski definition) is 0. The molecule has 1 aromatic carbocycles. The summed E-state index contributed by atoms with van der Waals surface area (Å²) in [5.41, 5.74) is 1.38. The van der Waals surface area contributed by atoms with Gasteiger partial charge in [0.25, 0.3) is 11.5 Å². The Kier molecular flexibility index (Phi) is 4.72. The summed E-state index contributed by atoms with van der Waals surface area (Å²) in [5, 5.41) is 9.41. The molecule has 0 unspecified atom stereocenters. The maximum atomic E-state index is 12.9. The normalized spacial score (nSPS) is 15.4. The minimum absolute atomic E-state index is 0.0209. The minimum Gasteiger partial charge on any atom is -0.335 e. The van der Waals surface area contributed by atoms with Gasteiger partial charge < -0.3 is 4.90 Å². The van der Waals surface area contributed by atoms with Gasteiger partial charge in [-0.1, -0.05) is 18.2 Å². The summed E-state index contributed by atoms with van der Waals surface area (Å²) >= 11 is 0. The third kappa shape index (κ3) is 3.48. The smallest absolute Gasteiger partial charge is 0.275 e. The van der Waals surface area contributed by atoms with Gasteiger partial charge in [0.2, 0.25) is 0 Å². The Morgan fingerprint density at radius 3 is 2.59 bits per heavy atom. The van der Waals surface area contributed by atoms with Gasteiger partial charge in [0.15, 0.2) is 5.69 Å². The molecule has 2 aromatic heterocycles. The fraction of sp³-hybridized carbons (Fsp3) is 0.368. The van der Waals surface area contributed by atoms with Crippen molar-refractivity contribution in [3.8, 4) is 0 Å². The first-order valence-electron chi connectivity index (χ1n) is 9.09. The predicted molar refractivity (Wildman–Crippen MR) is 102 cm³/mol.